The highest BCUT2D eigenvalue weighted by atomic mass is 19.4. The first-order chi connectivity index (χ1) is 9.62. The molecular formula is C16H29F3N2. The molecule has 1 aliphatic carbocycles. The summed E-state index contributed by atoms with van der Waals surface area (Å²) >= 11 is 0. The second kappa shape index (κ2) is 6.07. The van der Waals surface area contributed by atoms with Gasteiger partial charge in [0, 0.05) is 12.6 Å². The number of hydrogen-bond acceptors (Lipinski definition) is 2. The molecule has 124 valence electrons. The van der Waals surface area contributed by atoms with Crippen LogP contribution in [-0.2, 0) is 0 Å². The summed E-state index contributed by atoms with van der Waals surface area (Å²) < 4.78 is 38.1. The van der Waals surface area contributed by atoms with Crippen LogP contribution in [0.4, 0.5) is 13.2 Å². The van der Waals surface area contributed by atoms with Gasteiger partial charge in [-0.3, -0.25) is 0 Å². The van der Waals surface area contributed by atoms with Gasteiger partial charge in [0.2, 0.25) is 0 Å². The van der Waals surface area contributed by atoms with E-state index < -0.39 is 12.1 Å². The highest BCUT2D eigenvalue weighted by Crippen LogP contribution is 2.45. The molecule has 1 heterocycles. The van der Waals surface area contributed by atoms with E-state index in [1.165, 1.54) is 0 Å². The Morgan fingerprint density at radius 3 is 2.19 bits per heavy atom. The van der Waals surface area contributed by atoms with E-state index in [0.717, 1.165) is 19.4 Å². The lowest BCUT2D eigenvalue weighted by molar-refractivity contribution is -0.185. The van der Waals surface area contributed by atoms with Crippen molar-refractivity contribution in [2.45, 2.75) is 58.7 Å². The first-order valence-corrected chi connectivity index (χ1v) is 8.17. The van der Waals surface area contributed by atoms with Crippen LogP contribution in [0.15, 0.2) is 0 Å². The zero-order chi connectivity index (χ0) is 15.8. The van der Waals surface area contributed by atoms with Crippen molar-refractivity contribution in [1.29, 1.82) is 0 Å². The number of nitrogens with zero attached hydrogens (tertiary/aromatic N) is 1. The molecule has 5 heteroatoms. The molecule has 2 rings (SSSR count). The fourth-order valence-electron chi connectivity index (χ4n) is 4.02. The summed E-state index contributed by atoms with van der Waals surface area (Å²) in [6.07, 6.45) is -1.37. The smallest absolute Gasteiger partial charge is 0.327 e. The summed E-state index contributed by atoms with van der Waals surface area (Å²) in [7, 11) is 0. The lowest BCUT2D eigenvalue weighted by Crippen LogP contribution is -2.51. The third-order valence-corrected chi connectivity index (χ3v) is 6.25. The molecule has 0 aromatic carbocycles. The second-order valence-electron chi connectivity index (χ2n) is 7.66. The van der Waals surface area contributed by atoms with Gasteiger partial charge >= 0.3 is 6.18 Å². The van der Waals surface area contributed by atoms with E-state index >= 15 is 0 Å². The average Bonchev–Trinajstić information content (AvgIpc) is 2.40. The molecule has 0 bridgehead atoms. The molecule has 2 nitrogen and oxygen atoms in total. The number of halogens is 3. The van der Waals surface area contributed by atoms with E-state index in [0.29, 0.717) is 24.9 Å². The molecule has 2 aliphatic rings. The second-order valence-corrected chi connectivity index (χ2v) is 7.66. The summed E-state index contributed by atoms with van der Waals surface area (Å²) in [5, 5.41) is 0. The Morgan fingerprint density at radius 2 is 1.67 bits per heavy atom. The Hall–Kier alpha value is -0.290. The Kier molecular flexibility index (Phi) is 4.94. The molecular weight excluding hydrogens is 277 g/mol. The summed E-state index contributed by atoms with van der Waals surface area (Å²) in [5.41, 5.74) is 6.34. The molecule has 0 radical (unpaired) electrons. The molecule has 3 atom stereocenters. The predicted molar refractivity (Wildman–Crippen MR) is 78.9 cm³/mol. The zero-order valence-electron chi connectivity index (χ0n) is 13.4. The van der Waals surface area contributed by atoms with E-state index in [-0.39, 0.29) is 24.3 Å². The maximum Gasteiger partial charge on any atom is 0.391 e. The monoisotopic (exact) mass is 306 g/mol. The highest BCUT2D eigenvalue weighted by Gasteiger charge is 2.44. The van der Waals surface area contributed by atoms with Crippen LogP contribution < -0.4 is 5.73 Å². The normalized spacial score (nSPS) is 35.9. The van der Waals surface area contributed by atoms with E-state index in [4.69, 9.17) is 5.73 Å². The number of nitrogens with two attached hydrogens (primary N) is 1. The van der Waals surface area contributed by atoms with E-state index in [9.17, 15) is 13.2 Å². The Balaban J connectivity index is 1.89. The zero-order valence-corrected chi connectivity index (χ0v) is 13.4. The largest absolute Gasteiger partial charge is 0.391 e. The molecule has 3 unspecified atom stereocenters. The standard InChI is InChI=1S/C16H29F3N2/c1-11-14(20)5-4-13(15(11,2)3)10-21-8-6-12(7-9-21)16(17,18)19/h11-14H,4-10,20H2,1-3H3. The van der Waals surface area contributed by atoms with Crippen LogP contribution in [0.1, 0.15) is 46.5 Å². The predicted octanol–water partition coefficient (Wildman–Crippen LogP) is 3.66. The van der Waals surface area contributed by atoms with Crippen molar-refractivity contribution in [2.24, 2.45) is 28.9 Å². The number of rotatable bonds is 2. The minimum atomic E-state index is -4.02. The van der Waals surface area contributed by atoms with Gasteiger partial charge in [-0.2, -0.15) is 13.2 Å². The van der Waals surface area contributed by atoms with Crippen LogP contribution in [0.25, 0.3) is 0 Å². The first kappa shape index (κ1) is 17.1. The minimum Gasteiger partial charge on any atom is -0.327 e. The molecule has 0 spiro atoms. The van der Waals surface area contributed by atoms with Crippen molar-refractivity contribution in [3.05, 3.63) is 0 Å². The lowest BCUT2D eigenvalue weighted by Gasteiger charge is -2.49. The molecule has 1 aliphatic heterocycles. The summed E-state index contributed by atoms with van der Waals surface area (Å²) in [4.78, 5) is 2.23. The molecule has 1 saturated carbocycles. The average molecular weight is 306 g/mol. The first-order valence-electron chi connectivity index (χ1n) is 8.17. The molecule has 0 aromatic heterocycles. The molecule has 2 N–H and O–H groups in total. The van der Waals surface area contributed by atoms with Crippen molar-refractivity contribution >= 4 is 0 Å². The van der Waals surface area contributed by atoms with Gasteiger partial charge in [-0.1, -0.05) is 20.8 Å². The van der Waals surface area contributed by atoms with Crippen LogP contribution in [-0.4, -0.2) is 36.8 Å². The topological polar surface area (TPSA) is 29.3 Å². The molecule has 2 fully saturated rings. The number of piperidine rings is 1. The SMILES string of the molecule is CC1C(N)CCC(CN2CCC(C(F)(F)F)CC2)C1(C)C. The Morgan fingerprint density at radius 1 is 1.10 bits per heavy atom. The van der Waals surface area contributed by atoms with Gasteiger partial charge in [0.25, 0.3) is 0 Å². The lowest BCUT2D eigenvalue weighted by atomic mass is 9.61. The van der Waals surface area contributed by atoms with E-state index in [1.807, 2.05) is 0 Å². The van der Waals surface area contributed by atoms with Crippen molar-refractivity contribution in [1.82, 2.24) is 4.90 Å². The minimum absolute atomic E-state index is 0.165. The Labute approximate surface area is 126 Å². The van der Waals surface area contributed by atoms with Crippen molar-refractivity contribution in [3.63, 3.8) is 0 Å². The van der Waals surface area contributed by atoms with Crippen LogP contribution in [0, 0.1) is 23.2 Å². The van der Waals surface area contributed by atoms with Crippen LogP contribution in [0.5, 0.6) is 0 Å². The summed E-state index contributed by atoms with van der Waals surface area (Å²) in [5.74, 6) is -0.0980. The van der Waals surface area contributed by atoms with Gasteiger partial charge in [-0.25, -0.2) is 0 Å². The van der Waals surface area contributed by atoms with Gasteiger partial charge in [-0.05, 0) is 56.0 Å². The molecule has 0 aromatic rings. The van der Waals surface area contributed by atoms with Crippen LogP contribution >= 0.6 is 0 Å². The summed E-state index contributed by atoms with van der Waals surface area (Å²) in [6.45, 7) is 8.84. The van der Waals surface area contributed by atoms with Gasteiger partial charge in [0.05, 0.1) is 5.92 Å². The quantitative estimate of drug-likeness (QED) is 0.843. The fourth-order valence-corrected chi connectivity index (χ4v) is 4.02. The maximum absolute atomic E-state index is 12.7. The molecule has 21 heavy (non-hydrogen) atoms. The van der Waals surface area contributed by atoms with Crippen LogP contribution in [0.2, 0.25) is 0 Å². The maximum atomic E-state index is 12.7. The Bertz CT molecular complexity index is 346. The van der Waals surface area contributed by atoms with Gasteiger partial charge < -0.3 is 10.6 Å². The molecule has 0 amide bonds. The number of hydrogen-bond donors (Lipinski definition) is 1. The number of alkyl halides is 3. The molecule has 1 saturated heterocycles. The van der Waals surface area contributed by atoms with Gasteiger partial charge in [0.1, 0.15) is 0 Å². The van der Waals surface area contributed by atoms with E-state index in [1.54, 1.807) is 0 Å². The van der Waals surface area contributed by atoms with E-state index in [2.05, 4.69) is 25.7 Å². The van der Waals surface area contributed by atoms with Crippen LogP contribution in [0.3, 0.4) is 0 Å². The highest BCUT2D eigenvalue weighted by molar-refractivity contribution is 4.95. The third-order valence-electron chi connectivity index (χ3n) is 6.25. The fraction of sp³-hybridized carbons (Fsp3) is 1.00. The van der Waals surface area contributed by atoms with Crippen molar-refractivity contribution in [3.8, 4) is 0 Å². The number of likely N-dealkylation sites (tertiary alicyclic amines) is 1. The van der Waals surface area contributed by atoms with Crippen molar-refractivity contribution in [2.75, 3.05) is 19.6 Å². The van der Waals surface area contributed by atoms with Crippen molar-refractivity contribution < 1.29 is 13.2 Å². The summed E-state index contributed by atoms with van der Waals surface area (Å²) in [6, 6.07) is 0.257. The third kappa shape index (κ3) is 3.73. The van der Waals surface area contributed by atoms with Gasteiger partial charge in [-0.15, -0.1) is 0 Å². The van der Waals surface area contributed by atoms with Gasteiger partial charge in [0.15, 0.2) is 0 Å².